The molecule has 1 unspecified atom stereocenters. The number of esters is 1. The fourth-order valence-electron chi connectivity index (χ4n) is 3.14. The highest BCUT2D eigenvalue weighted by Gasteiger charge is 2.29. The number of benzene rings is 1. The second-order valence-electron chi connectivity index (χ2n) is 6.36. The van der Waals surface area contributed by atoms with E-state index in [1.807, 2.05) is 24.3 Å². The molecule has 1 fully saturated rings. The number of carbonyl (C=O) groups excluding carboxylic acids is 1. The molecule has 1 aromatic rings. The van der Waals surface area contributed by atoms with Crippen molar-refractivity contribution in [3.05, 3.63) is 34.9 Å². The Kier molecular flexibility index (Phi) is 7.88. The minimum Gasteiger partial charge on any atom is -0.466 e. The quantitative estimate of drug-likeness (QED) is 0.625. The van der Waals surface area contributed by atoms with Gasteiger partial charge >= 0.3 is 5.97 Å². The fraction of sp³-hybridized carbons (Fsp3) is 0.611. The lowest BCUT2D eigenvalue weighted by molar-refractivity contribution is -0.143. The maximum Gasteiger partial charge on any atom is 0.305 e. The molecule has 0 N–H and O–H groups in total. The van der Waals surface area contributed by atoms with Crippen LogP contribution in [0.5, 0.6) is 0 Å². The van der Waals surface area contributed by atoms with Gasteiger partial charge in [-0.05, 0) is 31.9 Å². The van der Waals surface area contributed by atoms with E-state index in [2.05, 4.69) is 11.8 Å². The lowest BCUT2D eigenvalue weighted by Crippen LogP contribution is -2.49. The molecule has 1 aliphatic rings. The molecule has 0 amide bonds. The second kappa shape index (κ2) is 9.69. The van der Waals surface area contributed by atoms with Crippen LogP contribution in [0.4, 0.5) is 0 Å². The van der Waals surface area contributed by atoms with E-state index in [1.165, 1.54) is 4.31 Å². The number of piperazine rings is 1. The number of carbonyl (C=O) groups is 1. The first-order chi connectivity index (χ1) is 12.3. The lowest BCUT2D eigenvalue weighted by Gasteiger charge is -2.37. The van der Waals surface area contributed by atoms with Crippen LogP contribution in [0.25, 0.3) is 0 Å². The van der Waals surface area contributed by atoms with Crippen molar-refractivity contribution >= 4 is 27.6 Å². The average molecular weight is 403 g/mol. The Balaban J connectivity index is 1.85. The monoisotopic (exact) mass is 402 g/mol. The highest BCUT2D eigenvalue weighted by atomic mass is 35.5. The molecule has 1 heterocycles. The minimum absolute atomic E-state index is 0.0219. The third-order valence-electron chi connectivity index (χ3n) is 4.66. The predicted octanol–water partition coefficient (Wildman–Crippen LogP) is 2.69. The lowest BCUT2D eigenvalue weighted by atomic mass is 10.1. The molecule has 26 heavy (non-hydrogen) atoms. The van der Waals surface area contributed by atoms with Crippen molar-refractivity contribution < 1.29 is 17.9 Å². The van der Waals surface area contributed by atoms with E-state index in [4.69, 9.17) is 16.3 Å². The van der Waals surface area contributed by atoms with Gasteiger partial charge in [0.15, 0.2) is 0 Å². The largest absolute Gasteiger partial charge is 0.466 e. The summed E-state index contributed by atoms with van der Waals surface area (Å²) in [5.41, 5.74) is 1.06. The molecular weight excluding hydrogens is 376 g/mol. The van der Waals surface area contributed by atoms with Gasteiger partial charge in [0, 0.05) is 43.7 Å². The summed E-state index contributed by atoms with van der Waals surface area (Å²) < 4.78 is 31.3. The van der Waals surface area contributed by atoms with E-state index in [9.17, 15) is 13.2 Å². The van der Waals surface area contributed by atoms with Gasteiger partial charge in [0.05, 0.1) is 12.4 Å². The number of hydrogen-bond donors (Lipinski definition) is 0. The van der Waals surface area contributed by atoms with Gasteiger partial charge in [-0.15, -0.1) is 0 Å². The molecule has 0 saturated carbocycles. The maximum atomic E-state index is 12.5. The van der Waals surface area contributed by atoms with Crippen LogP contribution in [0.2, 0.25) is 5.02 Å². The second-order valence-corrected chi connectivity index (χ2v) is 8.85. The summed E-state index contributed by atoms with van der Waals surface area (Å²) in [5.74, 6) is -0.368. The topological polar surface area (TPSA) is 66.9 Å². The van der Waals surface area contributed by atoms with Crippen LogP contribution in [0.15, 0.2) is 24.3 Å². The van der Waals surface area contributed by atoms with Crippen molar-refractivity contribution in [2.24, 2.45) is 0 Å². The summed E-state index contributed by atoms with van der Waals surface area (Å²) in [6.07, 6.45) is 0.425. The van der Waals surface area contributed by atoms with E-state index >= 15 is 0 Å². The van der Waals surface area contributed by atoms with Crippen molar-refractivity contribution in [3.8, 4) is 0 Å². The summed E-state index contributed by atoms with van der Waals surface area (Å²) in [4.78, 5) is 13.6. The fourth-order valence-corrected chi connectivity index (χ4v) is 4.92. The van der Waals surface area contributed by atoms with Crippen LogP contribution in [0.1, 0.15) is 38.3 Å². The van der Waals surface area contributed by atoms with E-state index in [-0.39, 0.29) is 30.6 Å². The molecule has 1 aliphatic heterocycles. The van der Waals surface area contributed by atoms with Crippen LogP contribution in [-0.2, 0) is 19.6 Å². The summed E-state index contributed by atoms with van der Waals surface area (Å²) in [5, 5.41) is 0.731. The number of nitrogens with zero attached hydrogens (tertiary/aromatic N) is 2. The highest BCUT2D eigenvalue weighted by molar-refractivity contribution is 7.89. The van der Waals surface area contributed by atoms with Crippen molar-refractivity contribution in [1.82, 2.24) is 9.21 Å². The molecule has 1 saturated heterocycles. The molecule has 0 spiro atoms. The number of halogens is 1. The Morgan fingerprint density at radius 2 is 1.88 bits per heavy atom. The van der Waals surface area contributed by atoms with E-state index in [0.29, 0.717) is 32.8 Å². The van der Waals surface area contributed by atoms with E-state index in [1.54, 1.807) is 6.92 Å². The van der Waals surface area contributed by atoms with Crippen LogP contribution in [-0.4, -0.2) is 62.1 Å². The third-order valence-corrected chi connectivity index (χ3v) is 6.96. The van der Waals surface area contributed by atoms with Gasteiger partial charge in [0.25, 0.3) is 0 Å². The maximum absolute atomic E-state index is 12.5. The number of sulfonamides is 1. The average Bonchev–Trinajstić information content (AvgIpc) is 2.62. The molecule has 2 rings (SSSR count). The summed E-state index contributed by atoms with van der Waals surface area (Å²) in [6, 6.07) is 7.88. The third kappa shape index (κ3) is 5.67. The van der Waals surface area contributed by atoms with Gasteiger partial charge in [0.2, 0.25) is 10.0 Å². The number of rotatable bonds is 8. The molecule has 0 aromatic heterocycles. The number of hydrogen-bond acceptors (Lipinski definition) is 5. The van der Waals surface area contributed by atoms with Crippen LogP contribution in [0, 0.1) is 0 Å². The molecule has 146 valence electrons. The van der Waals surface area contributed by atoms with Gasteiger partial charge in [0.1, 0.15) is 0 Å². The zero-order valence-electron chi connectivity index (χ0n) is 15.4. The first kappa shape index (κ1) is 21.2. The number of ether oxygens (including phenoxy) is 1. The molecule has 8 heteroatoms. The summed E-state index contributed by atoms with van der Waals surface area (Å²) >= 11 is 6.27. The predicted molar refractivity (Wildman–Crippen MR) is 103 cm³/mol. The Morgan fingerprint density at radius 1 is 1.23 bits per heavy atom. The smallest absolute Gasteiger partial charge is 0.305 e. The van der Waals surface area contributed by atoms with Gasteiger partial charge in [-0.2, -0.15) is 4.31 Å². The highest BCUT2D eigenvalue weighted by Crippen LogP contribution is 2.28. The SMILES string of the molecule is CCOC(=O)CCCS(=O)(=O)N1CCN(C(C)c2ccccc2Cl)CC1. The summed E-state index contributed by atoms with van der Waals surface area (Å²) in [6.45, 7) is 6.36. The van der Waals surface area contributed by atoms with Crippen molar-refractivity contribution in [2.45, 2.75) is 32.7 Å². The minimum atomic E-state index is -3.34. The molecule has 1 atom stereocenters. The van der Waals surface area contributed by atoms with Gasteiger partial charge in [-0.1, -0.05) is 29.8 Å². The van der Waals surface area contributed by atoms with Gasteiger partial charge in [-0.25, -0.2) is 8.42 Å². The van der Waals surface area contributed by atoms with Crippen LogP contribution in [0.3, 0.4) is 0 Å². The molecule has 6 nitrogen and oxygen atoms in total. The molecular formula is C18H27ClN2O4S. The molecule has 0 aliphatic carbocycles. The van der Waals surface area contributed by atoms with Crippen molar-refractivity contribution in [3.63, 3.8) is 0 Å². The Labute approximate surface area is 161 Å². The Morgan fingerprint density at radius 3 is 2.50 bits per heavy atom. The summed E-state index contributed by atoms with van der Waals surface area (Å²) in [7, 11) is -3.34. The van der Waals surface area contributed by atoms with Crippen LogP contribution < -0.4 is 0 Å². The van der Waals surface area contributed by atoms with E-state index in [0.717, 1.165) is 10.6 Å². The standard InChI is InChI=1S/C18H27ClN2O4S/c1-3-25-18(22)9-6-14-26(23,24)21-12-10-20(11-13-21)15(2)16-7-4-5-8-17(16)19/h4-5,7-8,15H,3,6,9-14H2,1-2H3. The van der Waals surface area contributed by atoms with Gasteiger partial charge < -0.3 is 4.74 Å². The molecule has 0 bridgehead atoms. The van der Waals surface area contributed by atoms with Gasteiger partial charge in [-0.3, -0.25) is 9.69 Å². The Bertz CT molecular complexity index is 703. The molecule has 0 radical (unpaired) electrons. The molecule has 1 aromatic carbocycles. The Hall–Kier alpha value is -1.15. The van der Waals surface area contributed by atoms with Crippen molar-refractivity contribution in [1.29, 1.82) is 0 Å². The normalized spacial score (nSPS) is 17.8. The zero-order valence-corrected chi connectivity index (χ0v) is 16.9. The first-order valence-corrected chi connectivity index (χ1v) is 11.0. The van der Waals surface area contributed by atoms with E-state index < -0.39 is 10.0 Å². The zero-order chi connectivity index (χ0) is 19.2. The van der Waals surface area contributed by atoms with Crippen LogP contribution >= 0.6 is 11.6 Å². The first-order valence-electron chi connectivity index (χ1n) is 8.97. The van der Waals surface area contributed by atoms with Crippen molar-refractivity contribution in [2.75, 3.05) is 38.5 Å².